The van der Waals surface area contributed by atoms with Crippen molar-refractivity contribution in [2.24, 2.45) is 51.1 Å². The third kappa shape index (κ3) is 5.14. The lowest BCUT2D eigenvalue weighted by molar-refractivity contribution is -0.240. The smallest absolute Gasteiger partial charge is 0.237 e. The fourth-order valence-electron chi connectivity index (χ4n) is 12.6. The minimum Gasteiger partial charge on any atom is -0.393 e. The summed E-state index contributed by atoms with van der Waals surface area (Å²) in [7, 11) is 0. The Morgan fingerprint density at radius 1 is 0.956 bits per heavy atom. The number of ether oxygens (including phenoxy) is 1. The number of aliphatic hydroxyl groups is 2. The van der Waals surface area contributed by atoms with Gasteiger partial charge in [0.2, 0.25) is 5.91 Å². The maximum atomic E-state index is 13.4. The highest BCUT2D eigenvalue weighted by molar-refractivity contribution is 5.82. The van der Waals surface area contributed by atoms with Gasteiger partial charge in [0.15, 0.2) is 0 Å². The quantitative estimate of drug-likeness (QED) is 0.294. The SMILES string of the molecule is CC(C)(O)[C@H]1CC[C@@](C)([C@H]2CC[C@]3(C)[C@@H]2[C@H](O)C[C@@H]2[C@@]4(C)CC[C@H](NC(=O)[C@@H](N)Cc5ccccc5)C(C)(C)[C@@H]4CC[C@]23C)O1. The molecule has 6 rings (SSSR count). The van der Waals surface area contributed by atoms with Gasteiger partial charge in [-0.3, -0.25) is 4.79 Å². The molecule has 252 valence electrons. The van der Waals surface area contributed by atoms with E-state index in [4.69, 9.17) is 10.5 Å². The summed E-state index contributed by atoms with van der Waals surface area (Å²) in [6.45, 7) is 18.3. The number of nitrogens with two attached hydrogens (primary N) is 1. The normalized spacial score (nSPS) is 46.5. The Hall–Kier alpha value is -1.47. The molecule has 1 aromatic rings. The number of hydrogen-bond donors (Lipinski definition) is 4. The van der Waals surface area contributed by atoms with Gasteiger partial charge < -0.3 is 26.0 Å². The maximum absolute atomic E-state index is 13.4. The molecule has 45 heavy (non-hydrogen) atoms. The first-order chi connectivity index (χ1) is 20.9. The van der Waals surface area contributed by atoms with Gasteiger partial charge in [0.05, 0.1) is 29.5 Å². The van der Waals surface area contributed by atoms with Gasteiger partial charge >= 0.3 is 0 Å². The number of nitrogens with one attached hydrogen (secondary N) is 1. The average molecular weight is 623 g/mol. The van der Waals surface area contributed by atoms with Gasteiger partial charge in [-0.1, -0.05) is 65.0 Å². The van der Waals surface area contributed by atoms with E-state index >= 15 is 0 Å². The molecule has 0 unspecified atom stereocenters. The van der Waals surface area contributed by atoms with E-state index in [1.807, 2.05) is 44.2 Å². The molecular weight excluding hydrogens is 560 g/mol. The van der Waals surface area contributed by atoms with Crippen LogP contribution in [0.3, 0.4) is 0 Å². The van der Waals surface area contributed by atoms with Crippen molar-refractivity contribution >= 4 is 5.91 Å². The molecule has 5 aliphatic rings. The number of fused-ring (bicyclic) bond motifs is 5. The third-order valence-corrected chi connectivity index (χ3v) is 15.3. The number of amides is 1. The van der Waals surface area contributed by atoms with Crippen LogP contribution in [0, 0.1) is 45.3 Å². The second-order valence-corrected chi connectivity index (χ2v) is 18.3. The van der Waals surface area contributed by atoms with E-state index in [0.29, 0.717) is 24.2 Å². The van der Waals surface area contributed by atoms with Crippen molar-refractivity contribution < 1.29 is 19.7 Å². The monoisotopic (exact) mass is 622 g/mol. The van der Waals surface area contributed by atoms with E-state index < -0.39 is 11.6 Å². The number of rotatable bonds is 6. The summed E-state index contributed by atoms with van der Waals surface area (Å²) in [4.78, 5) is 13.4. The highest BCUT2D eigenvalue weighted by Gasteiger charge is 2.72. The van der Waals surface area contributed by atoms with Gasteiger partial charge in [-0.2, -0.15) is 0 Å². The van der Waals surface area contributed by atoms with Crippen molar-refractivity contribution in [2.75, 3.05) is 0 Å². The molecule has 0 spiro atoms. The Bertz CT molecular complexity index is 1260. The van der Waals surface area contributed by atoms with Gasteiger partial charge in [0.1, 0.15) is 0 Å². The second kappa shape index (κ2) is 11.0. The van der Waals surface area contributed by atoms with E-state index in [2.05, 4.69) is 46.9 Å². The highest BCUT2D eigenvalue weighted by atomic mass is 16.5. The van der Waals surface area contributed by atoms with Crippen molar-refractivity contribution in [1.29, 1.82) is 0 Å². The molecule has 0 aromatic heterocycles. The molecule has 5 N–H and O–H groups in total. The van der Waals surface area contributed by atoms with Crippen LogP contribution in [0.5, 0.6) is 0 Å². The topological polar surface area (TPSA) is 105 Å². The molecule has 1 amide bonds. The summed E-state index contributed by atoms with van der Waals surface area (Å²) in [5, 5.41) is 26.4. The standard InChI is InChI=1S/C39H62N2O4/c1-34(2)28-15-20-37(6)29(36(28,5)18-16-30(34)41-33(43)26(40)22-24-12-10-9-11-13-24)23-27(42)32-25(14-19-38(32,37)7)39(8)21-17-31(45-39)35(3,4)44/h9-13,25-32,42,44H,14-23,40H2,1-8H3,(H,41,43)/t25-,26-,27+,28-,29+,30-,31+,32-,36-,37+,38+,39-/m0/s1. The minimum absolute atomic E-state index is 0.0343. The van der Waals surface area contributed by atoms with E-state index in [-0.39, 0.29) is 57.3 Å². The van der Waals surface area contributed by atoms with Crippen LogP contribution in [-0.2, 0) is 16.0 Å². The molecule has 6 heteroatoms. The van der Waals surface area contributed by atoms with Crippen LogP contribution in [0.2, 0.25) is 0 Å². The Balaban J connectivity index is 1.21. The van der Waals surface area contributed by atoms with Crippen molar-refractivity contribution in [1.82, 2.24) is 5.32 Å². The summed E-state index contributed by atoms with van der Waals surface area (Å²) in [5.74, 6) is 1.35. The minimum atomic E-state index is -0.854. The van der Waals surface area contributed by atoms with Crippen molar-refractivity contribution in [3.63, 3.8) is 0 Å². The Labute approximate surface area is 272 Å². The Morgan fingerprint density at radius 3 is 2.27 bits per heavy atom. The molecule has 6 nitrogen and oxygen atoms in total. The molecule has 0 radical (unpaired) electrons. The third-order valence-electron chi connectivity index (χ3n) is 15.3. The van der Waals surface area contributed by atoms with Crippen LogP contribution in [-0.4, -0.2) is 51.6 Å². The molecular formula is C39H62N2O4. The number of carbonyl (C=O) groups excluding carboxylic acids is 1. The van der Waals surface area contributed by atoms with Crippen molar-refractivity contribution in [3.8, 4) is 0 Å². The van der Waals surface area contributed by atoms with Crippen LogP contribution in [0.1, 0.15) is 119 Å². The number of hydrogen-bond acceptors (Lipinski definition) is 5. The molecule has 4 aliphatic carbocycles. The molecule has 1 heterocycles. The highest BCUT2D eigenvalue weighted by Crippen LogP contribution is 2.76. The van der Waals surface area contributed by atoms with E-state index in [1.165, 1.54) is 0 Å². The van der Waals surface area contributed by atoms with Gasteiger partial charge in [-0.25, -0.2) is 0 Å². The molecule has 1 aliphatic heterocycles. The molecule has 0 bridgehead atoms. The van der Waals surface area contributed by atoms with Crippen LogP contribution in [0.25, 0.3) is 0 Å². The van der Waals surface area contributed by atoms with E-state index in [1.54, 1.807) is 0 Å². The fraction of sp³-hybridized carbons (Fsp3) is 0.821. The van der Waals surface area contributed by atoms with Crippen molar-refractivity contribution in [3.05, 3.63) is 35.9 Å². The van der Waals surface area contributed by atoms with Crippen molar-refractivity contribution in [2.45, 2.75) is 155 Å². The summed E-state index contributed by atoms with van der Waals surface area (Å²) < 4.78 is 6.73. The zero-order chi connectivity index (χ0) is 32.8. The summed E-state index contributed by atoms with van der Waals surface area (Å²) in [5.41, 5.74) is 6.54. The first-order valence-electron chi connectivity index (χ1n) is 18.0. The lowest BCUT2D eigenvalue weighted by Crippen LogP contribution is -2.68. The van der Waals surface area contributed by atoms with E-state index in [9.17, 15) is 15.0 Å². The Morgan fingerprint density at radius 2 is 1.62 bits per heavy atom. The van der Waals surface area contributed by atoms with Gasteiger partial charge in [-0.05, 0) is 136 Å². The van der Waals surface area contributed by atoms with Gasteiger partial charge in [0, 0.05) is 6.04 Å². The number of carbonyl (C=O) groups is 1. The molecule has 5 fully saturated rings. The van der Waals surface area contributed by atoms with Gasteiger partial charge in [-0.15, -0.1) is 0 Å². The molecule has 4 saturated carbocycles. The predicted molar refractivity (Wildman–Crippen MR) is 179 cm³/mol. The molecule has 1 aromatic carbocycles. The lowest BCUT2D eigenvalue weighted by atomic mass is 9.35. The summed E-state index contributed by atoms with van der Waals surface area (Å²) in [6.07, 6.45) is 9.23. The first-order valence-corrected chi connectivity index (χ1v) is 18.0. The van der Waals surface area contributed by atoms with E-state index in [0.717, 1.165) is 63.4 Å². The lowest BCUT2D eigenvalue weighted by Gasteiger charge is -2.71. The molecule has 12 atom stereocenters. The number of aliphatic hydroxyl groups excluding tert-OH is 1. The van der Waals surface area contributed by atoms with Crippen LogP contribution >= 0.6 is 0 Å². The van der Waals surface area contributed by atoms with Crippen LogP contribution in [0.4, 0.5) is 0 Å². The fourth-order valence-corrected chi connectivity index (χ4v) is 12.6. The predicted octanol–water partition coefficient (Wildman–Crippen LogP) is 6.41. The van der Waals surface area contributed by atoms with Crippen LogP contribution in [0.15, 0.2) is 30.3 Å². The first kappa shape index (κ1) is 33.4. The second-order valence-electron chi connectivity index (χ2n) is 18.3. The largest absolute Gasteiger partial charge is 0.393 e. The summed E-state index contributed by atoms with van der Waals surface area (Å²) in [6, 6.07) is 9.57. The zero-order valence-electron chi connectivity index (χ0n) is 29.4. The Kier molecular flexibility index (Phi) is 8.20. The van der Waals surface area contributed by atoms with Crippen LogP contribution < -0.4 is 11.1 Å². The molecule has 1 saturated heterocycles. The number of benzene rings is 1. The zero-order valence-corrected chi connectivity index (χ0v) is 29.4. The summed E-state index contributed by atoms with van der Waals surface area (Å²) >= 11 is 0. The van der Waals surface area contributed by atoms with Gasteiger partial charge in [0.25, 0.3) is 0 Å². The average Bonchev–Trinajstić information content (AvgIpc) is 3.55. The maximum Gasteiger partial charge on any atom is 0.237 e.